The lowest BCUT2D eigenvalue weighted by Gasteiger charge is -2.22. The van der Waals surface area contributed by atoms with Crippen molar-refractivity contribution < 1.29 is 4.79 Å². The van der Waals surface area contributed by atoms with Gasteiger partial charge < -0.3 is 10.6 Å². The van der Waals surface area contributed by atoms with Gasteiger partial charge in [-0.05, 0) is 67.4 Å². The highest BCUT2D eigenvalue weighted by Gasteiger charge is 2.30. The van der Waals surface area contributed by atoms with Crippen LogP contribution in [0.15, 0.2) is 18.2 Å². The third-order valence-electron chi connectivity index (χ3n) is 4.59. The lowest BCUT2D eigenvalue weighted by atomic mass is 9.97. The topological polar surface area (TPSA) is 84.7 Å². The third kappa shape index (κ3) is 3.14. The van der Waals surface area contributed by atoms with Crippen molar-refractivity contribution in [2.75, 3.05) is 18.4 Å². The van der Waals surface area contributed by atoms with Crippen LogP contribution in [-0.4, -0.2) is 39.2 Å². The highest BCUT2D eigenvalue weighted by Crippen LogP contribution is 2.40. The second kappa shape index (κ2) is 6.49. The Morgan fingerprint density at radius 3 is 2.79 bits per heavy atom. The number of halogens is 1. The maximum atomic E-state index is 12.4. The van der Waals surface area contributed by atoms with Crippen molar-refractivity contribution >= 4 is 23.2 Å². The number of tetrazole rings is 1. The zero-order valence-corrected chi connectivity index (χ0v) is 14.0. The van der Waals surface area contributed by atoms with Crippen molar-refractivity contribution in [2.24, 2.45) is 5.92 Å². The van der Waals surface area contributed by atoms with Gasteiger partial charge in [-0.2, -0.15) is 4.68 Å². The molecule has 2 aromatic rings. The third-order valence-corrected chi connectivity index (χ3v) is 4.91. The molecule has 0 bridgehead atoms. The monoisotopic (exact) mass is 346 g/mol. The average molecular weight is 347 g/mol. The fourth-order valence-electron chi connectivity index (χ4n) is 3.04. The summed E-state index contributed by atoms with van der Waals surface area (Å²) in [4.78, 5) is 12.4. The Hall–Kier alpha value is -1.99. The van der Waals surface area contributed by atoms with Gasteiger partial charge in [-0.3, -0.25) is 4.79 Å². The molecular formula is C16H19ClN6O. The molecule has 126 valence electrons. The highest BCUT2D eigenvalue weighted by atomic mass is 35.5. The zero-order chi connectivity index (χ0) is 16.5. The standard InChI is InChI=1S/C16H19ClN6O/c17-13-4-3-12(19-16(24)11-5-7-18-8-6-11)9-14(13)23-15(10-1-2-10)20-21-22-23/h3-4,9-11,18H,1-2,5-8H2,(H,19,24). The quantitative estimate of drug-likeness (QED) is 0.886. The lowest BCUT2D eigenvalue weighted by molar-refractivity contribution is -0.120. The van der Waals surface area contributed by atoms with E-state index in [1.54, 1.807) is 10.7 Å². The van der Waals surface area contributed by atoms with Crippen molar-refractivity contribution in [3.8, 4) is 5.69 Å². The van der Waals surface area contributed by atoms with Gasteiger partial charge in [-0.1, -0.05) is 11.6 Å². The van der Waals surface area contributed by atoms with Crippen LogP contribution in [0.3, 0.4) is 0 Å². The van der Waals surface area contributed by atoms with Crippen LogP contribution in [0.2, 0.25) is 5.02 Å². The highest BCUT2D eigenvalue weighted by molar-refractivity contribution is 6.32. The lowest BCUT2D eigenvalue weighted by Crippen LogP contribution is -2.34. The summed E-state index contributed by atoms with van der Waals surface area (Å²) in [6.45, 7) is 1.78. The first kappa shape index (κ1) is 15.5. The van der Waals surface area contributed by atoms with E-state index in [0.717, 1.165) is 50.3 Å². The summed E-state index contributed by atoms with van der Waals surface area (Å²) in [5.41, 5.74) is 1.42. The van der Waals surface area contributed by atoms with E-state index in [4.69, 9.17) is 11.6 Å². The van der Waals surface area contributed by atoms with Gasteiger partial charge in [0, 0.05) is 17.5 Å². The molecule has 2 N–H and O–H groups in total. The molecule has 1 aromatic carbocycles. The molecule has 1 aliphatic carbocycles. The van der Waals surface area contributed by atoms with Crippen LogP contribution >= 0.6 is 11.6 Å². The number of hydrogen-bond acceptors (Lipinski definition) is 5. The van der Waals surface area contributed by atoms with Gasteiger partial charge in [0.05, 0.1) is 10.7 Å². The normalized spacial score (nSPS) is 18.5. The number of anilines is 1. The predicted molar refractivity (Wildman–Crippen MR) is 90.4 cm³/mol. The molecule has 0 atom stereocenters. The van der Waals surface area contributed by atoms with E-state index in [1.807, 2.05) is 12.1 Å². The van der Waals surface area contributed by atoms with Crippen LogP contribution in [0.4, 0.5) is 5.69 Å². The van der Waals surface area contributed by atoms with Gasteiger partial charge in [0.1, 0.15) is 0 Å². The van der Waals surface area contributed by atoms with Crippen molar-refractivity contribution in [2.45, 2.75) is 31.6 Å². The summed E-state index contributed by atoms with van der Waals surface area (Å²) in [6.07, 6.45) is 3.93. The summed E-state index contributed by atoms with van der Waals surface area (Å²) in [7, 11) is 0. The summed E-state index contributed by atoms with van der Waals surface area (Å²) < 4.78 is 1.68. The molecule has 0 spiro atoms. The predicted octanol–water partition coefficient (Wildman–Crippen LogP) is 2.13. The zero-order valence-electron chi connectivity index (χ0n) is 13.2. The average Bonchev–Trinajstić information content (AvgIpc) is 3.34. The van der Waals surface area contributed by atoms with Gasteiger partial charge >= 0.3 is 0 Å². The Balaban J connectivity index is 1.57. The van der Waals surface area contributed by atoms with E-state index < -0.39 is 0 Å². The van der Waals surface area contributed by atoms with Crippen LogP contribution < -0.4 is 10.6 Å². The minimum absolute atomic E-state index is 0.0560. The maximum absolute atomic E-state index is 12.4. The Kier molecular flexibility index (Phi) is 4.20. The molecule has 7 nitrogen and oxygen atoms in total. The summed E-state index contributed by atoms with van der Waals surface area (Å²) in [5.74, 6) is 1.35. The van der Waals surface area contributed by atoms with Crippen molar-refractivity contribution in [3.05, 3.63) is 29.0 Å². The Morgan fingerprint density at radius 1 is 1.25 bits per heavy atom. The molecular weight excluding hydrogens is 328 g/mol. The molecule has 0 unspecified atom stereocenters. The molecule has 1 saturated heterocycles. The Labute approximate surface area is 144 Å². The van der Waals surface area contributed by atoms with Gasteiger partial charge in [0.25, 0.3) is 0 Å². The number of aromatic nitrogens is 4. The summed E-state index contributed by atoms with van der Waals surface area (Å²) in [5, 5.41) is 18.8. The van der Waals surface area contributed by atoms with Crippen molar-refractivity contribution in [1.29, 1.82) is 0 Å². The molecule has 8 heteroatoms. The van der Waals surface area contributed by atoms with Crippen LogP contribution in [0.1, 0.15) is 37.4 Å². The molecule has 4 rings (SSSR count). The number of piperidine rings is 1. The van der Waals surface area contributed by atoms with Crippen molar-refractivity contribution in [1.82, 2.24) is 25.5 Å². The van der Waals surface area contributed by atoms with Gasteiger partial charge in [0.2, 0.25) is 5.91 Å². The first-order valence-corrected chi connectivity index (χ1v) is 8.70. The molecule has 2 heterocycles. The molecule has 0 radical (unpaired) electrons. The second-order valence-electron chi connectivity index (χ2n) is 6.40. The van der Waals surface area contributed by atoms with Gasteiger partial charge in [-0.15, -0.1) is 5.10 Å². The number of nitrogens with zero attached hydrogens (tertiary/aromatic N) is 4. The van der Waals surface area contributed by atoms with Crippen LogP contribution in [0.5, 0.6) is 0 Å². The van der Waals surface area contributed by atoms with E-state index in [2.05, 4.69) is 26.2 Å². The fraction of sp³-hybridized carbons (Fsp3) is 0.500. The molecule has 1 saturated carbocycles. The number of hydrogen-bond donors (Lipinski definition) is 2. The maximum Gasteiger partial charge on any atom is 0.227 e. The number of rotatable bonds is 4. The number of nitrogens with one attached hydrogen (secondary N) is 2. The molecule has 1 aliphatic heterocycles. The van der Waals surface area contributed by atoms with Crippen LogP contribution in [0, 0.1) is 5.92 Å². The number of benzene rings is 1. The Bertz CT molecular complexity index is 751. The minimum atomic E-state index is 0.0560. The number of amides is 1. The van der Waals surface area contributed by atoms with E-state index in [-0.39, 0.29) is 11.8 Å². The van der Waals surface area contributed by atoms with E-state index in [9.17, 15) is 4.79 Å². The largest absolute Gasteiger partial charge is 0.326 e. The SMILES string of the molecule is O=C(Nc1ccc(Cl)c(-n2nnnc2C2CC2)c1)C1CCNCC1. The molecule has 2 aliphatic rings. The molecule has 1 aromatic heterocycles. The number of carbonyl (C=O) groups excluding carboxylic acids is 1. The Morgan fingerprint density at radius 2 is 2.04 bits per heavy atom. The summed E-state index contributed by atoms with van der Waals surface area (Å²) >= 11 is 6.33. The minimum Gasteiger partial charge on any atom is -0.326 e. The van der Waals surface area contributed by atoms with Crippen molar-refractivity contribution in [3.63, 3.8) is 0 Å². The molecule has 24 heavy (non-hydrogen) atoms. The first-order chi connectivity index (χ1) is 11.7. The van der Waals surface area contributed by atoms with Crippen LogP contribution in [0.25, 0.3) is 5.69 Å². The molecule has 2 fully saturated rings. The second-order valence-corrected chi connectivity index (χ2v) is 6.81. The fourth-order valence-corrected chi connectivity index (χ4v) is 3.24. The van der Waals surface area contributed by atoms with Gasteiger partial charge in [-0.25, -0.2) is 0 Å². The van der Waals surface area contributed by atoms with E-state index in [0.29, 0.717) is 16.6 Å². The molecule has 1 amide bonds. The van der Waals surface area contributed by atoms with Crippen LogP contribution in [-0.2, 0) is 4.79 Å². The number of carbonyl (C=O) groups is 1. The van der Waals surface area contributed by atoms with E-state index in [1.165, 1.54) is 0 Å². The van der Waals surface area contributed by atoms with E-state index >= 15 is 0 Å². The summed E-state index contributed by atoms with van der Waals surface area (Å²) in [6, 6.07) is 5.42. The first-order valence-electron chi connectivity index (χ1n) is 8.32. The smallest absolute Gasteiger partial charge is 0.227 e. The van der Waals surface area contributed by atoms with Gasteiger partial charge in [0.15, 0.2) is 5.82 Å².